The van der Waals surface area contributed by atoms with Crippen molar-refractivity contribution < 1.29 is 18.0 Å². The Balaban J connectivity index is 2.40. The first kappa shape index (κ1) is 22.5. The Hall–Kier alpha value is -2.83. The standard InChI is InChI=1S/C22H26F3N3O/c1-6-27(5)14-26-20-12-16(3)19(11-17(20)4)21(29)28(22(23,24)25)13-18-10-8-7-9-15(18)2/h7-12,14H,6,13H2,1-5H3. The lowest BCUT2D eigenvalue weighted by Gasteiger charge is -2.26. The highest BCUT2D eigenvalue weighted by Gasteiger charge is 2.42. The Morgan fingerprint density at radius 1 is 1.07 bits per heavy atom. The number of hydrogen-bond donors (Lipinski definition) is 0. The van der Waals surface area contributed by atoms with Crippen molar-refractivity contribution in [3.8, 4) is 0 Å². The summed E-state index contributed by atoms with van der Waals surface area (Å²) in [5.41, 5.74) is 2.89. The van der Waals surface area contributed by atoms with Crippen molar-refractivity contribution in [2.75, 3.05) is 13.6 Å². The number of carbonyl (C=O) groups excluding carboxylic acids is 1. The van der Waals surface area contributed by atoms with Crippen LogP contribution < -0.4 is 0 Å². The van der Waals surface area contributed by atoms with Crippen LogP contribution >= 0.6 is 0 Å². The normalized spacial score (nSPS) is 11.7. The largest absolute Gasteiger partial charge is 0.487 e. The van der Waals surface area contributed by atoms with Gasteiger partial charge in [-0.2, -0.15) is 0 Å². The number of halogens is 3. The van der Waals surface area contributed by atoms with Crippen molar-refractivity contribution in [1.29, 1.82) is 0 Å². The fourth-order valence-electron chi connectivity index (χ4n) is 2.79. The molecule has 0 unspecified atom stereocenters. The monoisotopic (exact) mass is 405 g/mol. The van der Waals surface area contributed by atoms with Crippen LogP contribution in [0.4, 0.5) is 18.9 Å². The molecule has 0 heterocycles. The Labute approximate surface area is 169 Å². The van der Waals surface area contributed by atoms with E-state index in [-0.39, 0.29) is 10.5 Å². The van der Waals surface area contributed by atoms with E-state index in [9.17, 15) is 18.0 Å². The van der Waals surface area contributed by atoms with Crippen molar-refractivity contribution in [1.82, 2.24) is 9.80 Å². The second-order valence-corrected chi connectivity index (χ2v) is 7.06. The Bertz CT molecular complexity index is 907. The molecule has 0 saturated heterocycles. The van der Waals surface area contributed by atoms with Gasteiger partial charge in [-0.3, -0.25) is 4.79 Å². The van der Waals surface area contributed by atoms with Gasteiger partial charge < -0.3 is 4.90 Å². The summed E-state index contributed by atoms with van der Waals surface area (Å²) >= 11 is 0. The lowest BCUT2D eigenvalue weighted by atomic mass is 10.0. The molecule has 0 aliphatic rings. The molecule has 4 nitrogen and oxygen atoms in total. The average Bonchev–Trinajstić information content (AvgIpc) is 2.65. The molecule has 2 rings (SSSR count). The van der Waals surface area contributed by atoms with Crippen LogP contribution in [0.5, 0.6) is 0 Å². The first-order valence-corrected chi connectivity index (χ1v) is 9.33. The van der Waals surface area contributed by atoms with Crippen molar-refractivity contribution in [3.63, 3.8) is 0 Å². The van der Waals surface area contributed by atoms with Gasteiger partial charge >= 0.3 is 6.30 Å². The molecular formula is C22H26F3N3O. The summed E-state index contributed by atoms with van der Waals surface area (Å²) in [5, 5.41) is 0. The van der Waals surface area contributed by atoms with E-state index >= 15 is 0 Å². The van der Waals surface area contributed by atoms with E-state index in [0.29, 0.717) is 27.9 Å². The summed E-state index contributed by atoms with van der Waals surface area (Å²) in [5.74, 6) is -1.07. The van der Waals surface area contributed by atoms with Crippen molar-refractivity contribution >= 4 is 17.9 Å². The zero-order valence-electron chi connectivity index (χ0n) is 17.3. The maximum absolute atomic E-state index is 13.7. The fourth-order valence-corrected chi connectivity index (χ4v) is 2.79. The highest BCUT2D eigenvalue weighted by atomic mass is 19.4. The van der Waals surface area contributed by atoms with Gasteiger partial charge in [0.2, 0.25) is 0 Å². The van der Waals surface area contributed by atoms with Gasteiger partial charge in [-0.25, -0.2) is 9.89 Å². The number of amides is 1. The number of aryl methyl sites for hydroxylation is 3. The van der Waals surface area contributed by atoms with Crippen LogP contribution in [0.15, 0.2) is 41.4 Å². The second kappa shape index (κ2) is 9.11. The number of rotatable bonds is 6. The summed E-state index contributed by atoms with van der Waals surface area (Å²) in [6, 6.07) is 9.86. The van der Waals surface area contributed by atoms with Crippen LogP contribution in [0.1, 0.15) is 39.5 Å². The van der Waals surface area contributed by atoms with Crippen LogP contribution in [0, 0.1) is 20.8 Å². The maximum atomic E-state index is 13.7. The van der Waals surface area contributed by atoms with E-state index in [1.54, 1.807) is 57.4 Å². The van der Waals surface area contributed by atoms with Crippen molar-refractivity contribution in [2.45, 2.75) is 40.5 Å². The fraction of sp³-hybridized carbons (Fsp3) is 0.364. The van der Waals surface area contributed by atoms with Crippen LogP contribution in [0.2, 0.25) is 0 Å². The van der Waals surface area contributed by atoms with Gasteiger partial charge in [-0.1, -0.05) is 24.3 Å². The van der Waals surface area contributed by atoms with E-state index in [4.69, 9.17) is 0 Å². The smallest absolute Gasteiger partial charge is 0.366 e. The summed E-state index contributed by atoms with van der Waals surface area (Å²) in [6.07, 6.45) is -3.14. The van der Waals surface area contributed by atoms with Gasteiger partial charge in [0, 0.05) is 19.2 Å². The first-order valence-electron chi connectivity index (χ1n) is 9.33. The molecule has 0 radical (unpaired) electrons. The number of carbonyl (C=O) groups is 1. The SMILES string of the molecule is CCN(C)C=Nc1cc(C)c(C(=O)N(Cc2ccccc2C)C(F)(F)F)cc1C. The van der Waals surface area contributed by atoms with Crippen molar-refractivity contribution in [3.05, 3.63) is 64.2 Å². The topological polar surface area (TPSA) is 35.9 Å². The van der Waals surface area contributed by atoms with Crippen LogP contribution in [-0.4, -0.2) is 41.9 Å². The summed E-state index contributed by atoms with van der Waals surface area (Å²) in [4.78, 5) is 19.1. The highest BCUT2D eigenvalue weighted by molar-refractivity contribution is 5.96. The van der Waals surface area contributed by atoms with Gasteiger partial charge in [0.05, 0.1) is 18.6 Å². The molecule has 0 bridgehead atoms. The van der Waals surface area contributed by atoms with E-state index < -0.39 is 18.8 Å². The van der Waals surface area contributed by atoms with E-state index in [1.807, 2.05) is 18.9 Å². The van der Waals surface area contributed by atoms with Gasteiger partial charge in [0.1, 0.15) is 0 Å². The highest BCUT2D eigenvalue weighted by Crippen LogP contribution is 2.30. The molecule has 0 spiro atoms. The molecule has 156 valence electrons. The number of alkyl halides is 3. The van der Waals surface area contributed by atoms with Gasteiger partial charge in [0.15, 0.2) is 0 Å². The second-order valence-electron chi connectivity index (χ2n) is 7.06. The van der Waals surface area contributed by atoms with Crippen LogP contribution in [0.25, 0.3) is 0 Å². The predicted octanol–water partition coefficient (Wildman–Crippen LogP) is 5.39. The molecule has 1 amide bonds. The van der Waals surface area contributed by atoms with E-state index in [1.165, 1.54) is 6.07 Å². The van der Waals surface area contributed by atoms with Crippen molar-refractivity contribution in [2.24, 2.45) is 4.99 Å². The van der Waals surface area contributed by atoms with Crippen LogP contribution in [-0.2, 0) is 6.54 Å². The summed E-state index contributed by atoms with van der Waals surface area (Å²) in [7, 11) is 1.87. The average molecular weight is 405 g/mol. The summed E-state index contributed by atoms with van der Waals surface area (Å²) in [6.45, 7) is 7.30. The first-order chi connectivity index (χ1) is 13.5. The lowest BCUT2D eigenvalue weighted by molar-refractivity contribution is -0.228. The molecule has 0 atom stereocenters. The summed E-state index contributed by atoms with van der Waals surface area (Å²) < 4.78 is 41.1. The quantitative estimate of drug-likeness (QED) is 0.367. The molecular weight excluding hydrogens is 379 g/mol. The zero-order valence-corrected chi connectivity index (χ0v) is 17.3. The minimum atomic E-state index is -4.79. The molecule has 0 aromatic heterocycles. The number of nitrogens with zero attached hydrogens (tertiary/aromatic N) is 3. The number of benzene rings is 2. The third-order valence-electron chi connectivity index (χ3n) is 4.81. The predicted molar refractivity (Wildman–Crippen MR) is 109 cm³/mol. The molecule has 7 heteroatoms. The Kier molecular flexibility index (Phi) is 7.06. The van der Waals surface area contributed by atoms with Gasteiger partial charge in [-0.05, 0) is 62.1 Å². The molecule has 29 heavy (non-hydrogen) atoms. The molecule has 0 N–H and O–H groups in total. The third kappa shape index (κ3) is 5.59. The molecule has 2 aromatic carbocycles. The number of hydrogen-bond acceptors (Lipinski definition) is 2. The maximum Gasteiger partial charge on any atom is 0.487 e. The minimum Gasteiger partial charge on any atom is -0.366 e. The third-order valence-corrected chi connectivity index (χ3v) is 4.81. The lowest BCUT2D eigenvalue weighted by Crippen LogP contribution is -2.42. The minimum absolute atomic E-state index is 0.0243. The van der Waals surface area contributed by atoms with Gasteiger partial charge in [0.25, 0.3) is 5.91 Å². The van der Waals surface area contributed by atoms with E-state index in [2.05, 4.69) is 4.99 Å². The molecule has 2 aromatic rings. The molecule has 0 aliphatic heterocycles. The molecule has 0 fully saturated rings. The van der Waals surface area contributed by atoms with Gasteiger partial charge in [-0.15, -0.1) is 13.2 Å². The molecule has 0 aliphatic carbocycles. The Morgan fingerprint density at radius 2 is 1.72 bits per heavy atom. The Morgan fingerprint density at radius 3 is 2.31 bits per heavy atom. The zero-order chi connectivity index (χ0) is 21.8. The number of aliphatic imine (C=N–C) groups is 1. The van der Waals surface area contributed by atoms with Crippen LogP contribution in [0.3, 0.4) is 0 Å². The van der Waals surface area contributed by atoms with E-state index in [0.717, 1.165) is 6.54 Å². The molecule has 0 saturated carbocycles.